The molecule has 2 aliphatic rings. The van der Waals surface area contributed by atoms with E-state index >= 15 is 0 Å². The summed E-state index contributed by atoms with van der Waals surface area (Å²) in [5, 5.41) is 6.43. The third-order valence-corrected chi connectivity index (χ3v) is 4.48. The van der Waals surface area contributed by atoms with Gasteiger partial charge in [0.15, 0.2) is 0 Å². The maximum absolute atomic E-state index is 5.67. The van der Waals surface area contributed by atoms with Crippen LogP contribution in [0.2, 0.25) is 0 Å². The van der Waals surface area contributed by atoms with E-state index < -0.39 is 0 Å². The van der Waals surface area contributed by atoms with E-state index in [9.17, 15) is 0 Å². The van der Waals surface area contributed by atoms with Gasteiger partial charge in [-0.25, -0.2) is 0 Å². The Morgan fingerprint density at radius 3 is 1.36 bits per heavy atom. The van der Waals surface area contributed by atoms with Gasteiger partial charge in [0, 0.05) is 13.1 Å². The molecule has 6 nitrogen and oxygen atoms in total. The van der Waals surface area contributed by atoms with Crippen LogP contribution in [0.4, 0.5) is 0 Å². The summed E-state index contributed by atoms with van der Waals surface area (Å²) < 4.78 is 11.3. The minimum absolute atomic E-state index is 0. The van der Waals surface area contributed by atoms with Crippen LogP contribution in [-0.4, -0.2) is 44.6 Å². The summed E-state index contributed by atoms with van der Waals surface area (Å²) in [6.07, 6.45) is 8.04. The number of hydrogen-bond donors (Lipinski definition) is 2. The lowest BCUT2D eigenvalue weighted by Crippen LogP contribution is -2.15. The van der Waals surface area contributed by atoms with Crippen molar-refractivity contribution in [3.8, 4) is 11.5 Å². The zero-order valence-corrected chi connectivity index (χ0v) is 18.6. The molecule has 2 heterocycles. The maximum Gasteiger partial charge on any atom is 0.230 e. The van der Waals surface area contributed by atoms with Crippen LogP contribution in [0.3, 0.4) is 0 Å². The molecule has 0 spiro atoms. The van der Waals surface area contributed by atoms with E-state index in [0.29, 0.717) is 0 Å². The lowest BCUT2D eigenvalue weighted by Gasteiger charge is -2.09. The molecular weight excluding hydrogens is 459 g/mol. The van der Waals surface area contributed by atoms with Crippen molar-refractivity contribution in [2.45, 2.75) is 14.9 Å². The average molecular weight is 493 g/mol. The van der Waals surface area contributed by atoms with Gasteiger partial charge in [0.25, 0.3) is 0 Å². The van der Waals surface area contributed by atoms with E-state index in [2.05, 4.69) is 20.6 Å². The van der Waals surface area contributed by atoms with Gasteiger partial charge in [0.1, 0.15) is 23.2 Å². The molecule has 0 fully saturated rings. The Morgan fingerprint density at radius 1 is 0.636 bits per heavy atom. The van der Waals surface area contributed by atoms with Gasteiger partial charge in [-0.05, 0) is 47.5 Å². The van der Waals surface area contributed by atoms with Gasteiger partial charge in [0.05, 0.1) is 13.1 Å². The third-order valence-electron chi connectivity index (χ3n) is 4.48. The first-order valence-electron chi connectivity index (χ1n) is 9.74. The minimum atomic E-state index is 0. The molecule has 8 heteroatoms. The molecule has 0 radical (unpaired) electrons. The highest BCUT2D eigenvalue weighted by atomic mass is 35.5. The van der Waals surface area contributed by atoms with Gasteiger partial charge in [-0.2, -0.15) is 0 Å². The quantitative estimate of drug-likeness (QED) is 0.493. The molecule has 0 aromatic heterocycles. The summed E-state index contributed by atoms with van der Waals surface area (Å²) in [6.45, 7) is 3.68. The monoisotopic (exact) mass is 492 g/mol. The second-order valence-electron chi connectivity index (χ2n) is 6.60. The standard InChI is InChI=1S/C23H24N4O2.2CH4.2ClH/c1-7-20(8-2-18(1)5-11-22-24-13-14-25-22)28-17-29-21-9-3-19(4-10-21)6-12-23-26-15-16-27-23;;;;/h1-12H,13-17H2,(H,24,25)(H,26,27);2*1H4;2*1H. The first-order valence-corrected chi connectivity index (χ1v) is 9.74. The topological polar surface area (TPSA) is 67.2 Å². The van der Waals surface area contributed by atoms with Crippen molar-refractivity contribution >= 4 is 48.6 Å². The fraction of sp³-hybridized carbons (Fsp3) is 0.280. The number of benzene rings is 2. The lowest BCUT2D eigenvalue weighted by molar-refractivity contribution is 0.120. The predicted molar refractivity (Wildman–Crippen MR) is 146 cm³/mol. The summed E-state index contributed by atoms with van der Waals surface area (Å²) in [7, 11) is 0. The smallest absolute Gasteiger partial charge is 0.230 e. The summed E-state index contributed by atoms with van der Waals surface area (Å²) in [5.74, 6) is 3.40. The molecule has 33 heavy (non-hydrogen) atoms. The first-order chi connectivity index (χ1) is 14.3. The second-order valence-corrected chi connectivity index (χ2v) is 6.60. The fourth-order valence-corrected chi connectivity index (χ4v) is 2.92. The van der Waals surface area contributed by atoms with Crippen LogP contribution in [0.25, 0.3) is 12.2 Å². The van der Waals surface area contributed by atoms with Crippen molar-refractivity contribution < 1.29 is 9.47 Å². The van der Waals surface area contributed by atoms with Crippen molar-refractivity contribution in [3.05, 3.63) is 71.8 Å². The van der Waals surface area contributed by atoms with Gasteiger partial charge in [-0.15, -0.1) is 24.8 Å². The van der Waals surface area contributed by atoms with Crippen LogP contribution in [0.5, 0.6) is 11.5 Å². The maximum atomic E-state index is 5.67. The molecular formula is C25H34Cl2N4O2. The van der Waals surface area contributed by atoms with Crippen LogP contribution in [-0.2, 0) is 0 Å². The Kier molecular flexibility index (Phi) is 14.4. The van der Waals surface area contributed by atoms with Gasteiger partial charge in [-0.3, -0.25) is 9.98 Å². The first kappa shape index (κ1) is 30.0. The normalized spacial score (nSPS) is 13.9. The predicted octanol–water partition coefficient (Wildman–Crippen LogP) is 5.25. The molecule has 2 aliphatic heterocycles. The van der Waals surface area contributed by atoms with E-state index in [1.54, 1.807) is 0 Å². The molecule has 2 aromatic carbocycles. The Labute approximate surface area is 209 Å². The van der Waals surface area contributed by atoms with Crippen molar-refractivity contribution in [2.24, 2.45) is 9.98 Å². The SMILES string of the molecule is C.C.C(=Cc1ccc(OCOc2ccc(C=CC3=NCCN3)cc2)cc1)C1=NCCN1.Cl.Cl. The van der Waals surface area contributed by atoms with E-state index in [0.717, 1.165) is 60.5 Å². The van der Waals surface area contributed by atoms with E-state index in [1.165, 1.54) is 0 Å². The molecule has 0 aliphatic carbocycles. The number of aliphatic imine (C=N–C) groups is 2. The zero-order valence-electron chi connectivity index (χ0n) is 17.0. The van der Waals surface area contributed by atoms with Gasteiger partial charge >= 0.3 is 0 Å². The molecule has 2 aromatic rings. The summed E-state index contributed by atoms with van der Waals surface area (Å²) in [6, 6.07) is 15.7. The highest BCUT2D eigenvalue weighted by Gasteiger charge is 2.01. The van der Waals surface area contributed by atoms with Gasteiger partial charge in [-0.1, -0.05) is 51.3 Å². The van der Waals surface area contributed by atoms with Crippen LogP contribution in [0, 0.1) is 0 Å². The lowest BCUT2D eigenvalue weighted by atomic mass is 10.2. The molecule has 0 saturated heterocycles. The average Bonchev–Trinajstić information content (AvgIpc) is 3.47. The Bertz CT molecular complexity index is 862. The van der Waals surface area contributed by atoms with Crippen LogP contribution < -0.4 is 20.1 Å². The molecule has 4 rings (SSSR count). The summed E-state index contributed by atoms with van der Waals surface area (Å²) >= 11 is 0. The minimum Gasteiger partial charge on any atom is -0.458 e. The van der Waals surface area contributed by atoms with Crippen molar-refractivity contribution in [2.75, 3.05) is 33.0 Å². The highest BCUT2D eigenvalue weighted by molar-refractivity contribution is 5.97. The van der Waals surface area contributed by atoms with E-state index in [1.807, 2.05) is 72.8 Å². The largest absolute Gasteiger partial charge is 0.458 e. The third kappa shape index (κ3) is 9.60. The number of hydrogen-bond acceptors (Lipinski definition) is 6. The number of amidine groups is 2. The zero-order chi connectivity index (χ0) is 19.7. The van der Waals surface area contributed by atoms with Gasteiger partial charge in [0.2, 0.25) is 6.79 Å². The Hall–Kier alpha value is -2.96. The summed E-state index contributed by atoms with van der Waals surface area (Å²) in [5.41, 5.74) is 2.19. The fourth-order valence-electron chi connectivity index (χ4n) is 2.92. The molecule has 2 N–H and O–H groups in total. The highest BCUT2D eigenvalue weighted by Crippen LogP contribution is 2.16. The molecule has 180 valence electrons. The van der Waals surface area contributed by atoms with Crippen molar-refractivity contribution in [1.82, 2.24) is 10.6 Å². The second kappa shape index (κ2) is 15.8. The molecule has 0 saturated carbocycles. The Balaban J connectivity index is 0.00000256. The van der Waals surface area contributed by atoms with Crippen molar-refractivity contribution in [1.29, 1.82) is 0 Å². The van der Waals surface area contributed by atoms with Crippen LogP contribution in [0.1, 0.15) is 26.0 Å². The van der Waals surface area contributed by atoms with Gasteiger partial charge < -0.3 is 20.1 Å². The van der Waals surface area contributed by atoms with Crippen molar-refractivity contribution in [3.63, 3.8) is 0 Å². The van der Waals surface area contributed by atoms with Crippen LogP contribution in [0.15, 0.2) is 70.7 Å². The molecule has 0 unspecified atom stereocenters. The molecule has 0 bridgehead atoms. The van der Waals surface area contributed by atoms with Crippen LogP contribution >= 0.6 is 24.8 Å². The number of nitrogens with one attached hydrogen (secondary N) is 2. The summed E-state index contributed by atoms with van der Waals surface area (Å²) in [4.78, 5) is 8.67. The molecule has 0 amide bonds. The number of rotatable bonds is 8. The number of halogens is 2. The molecule has 0 atom stereocenters. The van der Waals surface area contributed by atoms with E-state index in [-0.39, 0.29) is 46.5 Å². The number of nitrogens with zero attached hydrogens (tertiary/aromatic N) is 2. The Morgan fingerprint density at radius 2 is 1.03 bits per heavy atom. The number of ether oxygens (including phenoxy) is 2. The van der Waals surface area contributed by atoms with E-state index in [4.69, 9.17) is 9.47 Å².